The summed E-state index contributed by atoms with van der Waals surface area (Å²) in [5.74, 6) is -0.159. The van der Waals surface area contributed by atoms with Crippen LogP contribution in [0.3, 0.4) is 0 Å². The van der Waals surface area contributed by atoms with Crippen molar-refractivity contribution < 1.29 is 4.79 Å². The van der Waals surface area contributed by atoms with E-state index in [0.717, 1.165) is 11.3 Å². The number of hydrogen-bond acceptors (Lipinski definition) is 3. The third-order valence-corrected chi connectivity index (χ3v) is 2.43. The van der Waals surface area contributed by atoms with Gasteiger partial charge in [0.15, 0.2) is 0 Å². The number of aromatic nitrogens is 1. The fourth-order valence-electron chi connectivity index (χ4n) is 1.52. The van der Waals surface area contributed by atoms with Crippen molar-refractivity contribution in [3.63, 3.8) is 0 Å². The number of para-hydroxylation sites is 1. The predicted octanol–water partition coefficient (Wildman–Crippen LogP) is 1.79. The van der Waals surface area contributed by atoms with E-state index in [1.165, 1.54) is 0 Å². The molecule has 4 heteroatoms. The summed E-state index contributed by atoms with van der Waals surface area (Å²) in [5.41, 5.74) is 7.84. The largest absolute Gasteiger partial charge is 0.326 e. The molecule has 0 aliphatic carbocycles. The van der Waals surface area contributed by atoms with Crippen LogP contribution in [0.15, 0.2) is 48.8 Å². The summed E-state index contributed by atoms with van der Waals surface area (Å²) in [6.07, 6.45) is 3.17. The van der Waals surface area contributed by atoms with E-state index >= 15 is 0 Å². The van der Waals surface area contributed by atoms with E-state index in [9.17, 15) is 4.79 Å². The Morgan fingerprint density at radius 1 is 1.18 bits per heavy atom. The number of carbonyl (C=O) groups is 1. The number of pyridine rings is 1. The summed E-state index contributed by atoms with van der Waals surface area (Å²) in [7, 11) is 0. The van der Waals surface area contributed by atoms with Crippen LogP contribution in [0.4, 0.5) is 5.69 Å². The highest BCUT2D eigenvalue weighted by atomic mass is 16.1. The Morgan fingerprint density at radius 3 is 2.59 bits per heavy atom. The second-order valence-electron chi connectivity index (χ2n) is 3.55. The first-order chi connectivity index (χ1) is 8.31. The van der Waals surface area contributed by atoms with Crippen molar-refractivity contribution in [2.45, 2.75) is 6.54 Å². The zero-order valence-corrected chi connectivity index (χ0v) is 9.26. The van der Waals surface area contributed by atoms with Crippen LogP contribution in [0.2, 0.25) is 0 Å². The molecule has 0 saturated carbocycles. The summed E-state index contributed by atoms with van der Waals surface area (Å²) in [6, 6.07) is 10.8. The molecule has 1 amide bonds. The SMILES string of the molecule is NCc1ccccc1NC(=O)c1ccncc1. The number of anilines is 1. The monoisotopic (exact) mass is 227 g/mol. The van der Waals surface area contributed by atoms with E-state index in [2.05, 4.69) is 10.3 Å². The van der Waals surface area contributed by atoms with Gasteiger partial charge in [-0.3, -0.25) is 9.78 Å². The molecule has 3 N–H and O–H groups in total. The van der Waals surface area contributed by atoms with Crippen LogP contribution in [0.25, 0.3) is 0 Å². The van der Waals surface area contributed by atoms with E-state index in [4.69, 9.17) is 5.73 Å². The van der Waals surface area contributed by atoms with Crippen molar-refractivity contribution >= 4 is 11.6 Å². The Bertz CT molecular complexity index is 511. The lowest BCUT2D eigenvalue weighted by Crippen LogP contribution is -2.14. The first kappa shape index (κ1) is 11.3. The van der Waals surface area contributed by atoms with E-state index in [1.807, 2.05) is 24.3 Å². The minimum Gasteiger partial charge on any atom is -0.326 e. The van der Waals surface area contributed by atoms with Gasteiger partial charge in [-0.15, -0.1) is 0 Å². The van der Waals surface area contributed by atoms with Crippen LogP contribution in [-0.2, 0) is 6.54 Å². The fourth-order valence-corrected chi connectivity index (χ4v) is 1.52. The normalized spacial score (nSPS) is 9.94. The second kappa shape index (κ2) is 5.23. The molecule has 1 heterocycles. The summed E-state index contributed by atoms with van der Waals surface area (Å²) in [4.78, 5) is 15.8. The molecule has 0 bridgehead atoms. The lowest BCUT2D eigenvalue weighted by molar-refractivity contribution is 0.102. The number of benzene rings is 1. The summed E-state index contributed by atoms with van der Waals surface area (Å²) in [6.45, 7) is 0.396. The average molecular weight is 227 g/mol. The van der Waals surface area contributed by atoms with Crippen LogP contribution >= 0.6 is 0 Å². The van der Waals surface area contributed by atoms with Crippen LogP contribution < -0.4 is 11.1 Å². The average Bonchev–Trinajstić information content (AvgIpc) is 2.40. The van der Waals surface area contributed by atoms with Gasteiger partial charge in [0.2, 0.25) is 0 Å². The van der Waals surface area contributed by atoms with Crippen molar-refractivity contribution in [1.82, 2.24) is 4.98 Å². The molecule has 0 aliphatic rings. The van der Waals surface area contributed by atoms with Crippen LogP contribution in [0.5, 0.6) is 0 Å². The van der Waals surface area contributed by atoms with Gasteiger partial charge in [-0.2, -0.15) is 0 Å². The molecule has 1 aromatic carbocycles. The maximum Gasteiger partial charge on any atom is 0.255 e. The molecule has 4 nitrogen and oxygen atoms in total. The van der Waals surface area contributed by atoms with Crippen molar-refractivity contribution in [3.05, 3.63) is 59.9 Å². The third kappa shape index (κ3) is 2.68. The molecule has 86 valence electrons. The molecule has 0 unspecified atom stereocenters. The first-order valence-electron chi connectivity index (χ1n) is 5.30. The number of nitrogens with one attached hydrogen (secondary N) is 1. The number of nitrogens with zero attached hydrogens (tertiary/aromatic N) is 1. The van der Waals surface area contributed by atoms with Gasteiger partial charge in [-0.25, -0.2) is 0 Å². The molecule has 0 aliphatic heterocycles. The molecule has 0 radical (unpaired) electrons. The van der Waals surface area contributed by atoms with Gasteiger partial charge >= 0.3 is 0 Å². The maximum atomic E-state index is 11.9. The smallest absolute Gasteiger partial charge is 0.255 e. The molecule has 17 heavy (non-hydrogen) atoms. The van der Waals surface area contributed by atoms with Crippen molar-refractivity contribution in [2.75, 3.05) is 5.32 Å². The highest BCUT2D eigenvalue weighted by Gasteiger charge is 2.07. The van der Waals surface area contributed by atoms with Crippen LogP contribution in [0, 0.1) is 0 Å². The summed E-state index contributed by atoms with van der Waals surface area (Å²) < 4.78 is 0. The fraction of sp³-hybridized carbons (Fsp3) is 0.0769. The Balaban J connectivity index is 2.19. The third-order valence-electron chi connectivity index (χ3n) is 2.43. The first-order valence-corrected chi connectivity index (χ1v) is 5.30. The molecular formula is C13H13N3O. The van der Waals surface area contributed by atoms with Crippen LogP contribution in [0.1, 0.15) is 15.9 Å². The van der Waals surface area contributed by atoms with Crippen molar-refractivity contribution in [2.24, 2.45) is 5.73 Å². The van der Waals surface area contributed by atoms with Gasteiger partial charge in [0, 0.05) is 30.2 Å². The molecule has 0 fully saturated rings. The Kier molecular flexibility index (Phi) is 3.47. The maximum absolute atomic E-state index is 11.9. The summed E-state index contributed by atoms with van der Waals surface area (Å²) >= 11 is 0. The molecule has 2 aromatic rings. The van der Waals surface area contributed by atoms with Gasteiger partial charge in [0.05, 0.1) is 0 Å². The van der Waals surface area contributed by atoms with Gasteiger partial charge in [-0.05, 0) is 23.8 Å². The number of hydrogen-bond donors (Lipinski definition) is 2. The molecule has 2 rings (SSSR count). The Morgan fingerprint density at radius 2 is 1.88 bits per heavy atom. The van der Waals surface area contributed by atoms with Gasteiger partial charge in [0.25, 0.3) is 5.91 Å². The highest BCUT2D eigenvalue weighted by molar-refractivity contribution is 6.04. The number of carbonyl (C=O) groups excluding carboxylic acids is 1. The van der Waals surface area contributed by atoms with E-state index < -0.39 is 0 Å². The molecule has 1 aromatic heterocycles. The van der Waals surface area contributed by atoms with E-state index in [-0.39, 0.29) is 5.91 Å². The zero-order valence-electron chi connectivity index (χ0n) is 9.26. The lowest BCUT2D eigenvalue weighted by Gasteiger charge is -2.09. The molecular weight excluding hydrogens is 214 g/mol. The quantitative estimate of drug-likeness (QED) is 0.840. The van der Waals surface area contributed by atoms with Gasteiger partial charge < -0.3 is 11.1 Å². The number of rotatable bonds is 3. The zero-order chi connectivity index (χ0) is 12.1. The number of nitrogens with two attached hydrogens (primary N) is 1. The van der Waals surface area contributed by atoms with Crippen LogP contribution in [-0.4, -0.2) is 10.9 Å². The van der Waals surface area contributed by atoms with Gasteiger partial charge in [-0.1, -0.05) is 18.2 Å². The van der Waals surface area contributed by atoms with E-state index in [0.29, 0.717) is 12.1 Å². The standard InChI is InChI=1S/C13H13N3O/c14-9-11-3-1-2-4-12(11)16-13(17)10-5-7-15-8-6-10/h1-8H,9,14H2,(H,16,17). The van der Waals surface area contributed by atoms with E-state index in [1.54, 1.807) is 24.5 Å². The molecule has 0 saturated heterocycles. The minimum atomic E-state index is -0.159. The molecule has 0 atom stereocenters. The van der Waals surface area contributed by atoms with Crippen molar-refractivity contribution in [3.8, 4) is 0 Å². The second-order valence-corrected chi connectivity index (χ2v) is 3.55. The summed E-state index contributed by atoms with van der Waals surface area (Å²) in [5, 5.41) is 2.83. The Hall–Kier alpha value is -2.20. The molecule has 0 spiro atoms. The number of amides is 1. The van der Waals surface area contributed by atoms with Gasteiger partial charge in [0.1, 0.15) is 0 Å². The minimum absolute atomic E-state index is 0.159. The predicted molar refractivity (Wildman–Crippen MR) is 66.5 cm³/mol. The van der Waals surface area contributed by atoms with Crippen molar-refractivity contribution in [1.29, 1.82) is 0 Å². The highest BCUT2D eigenvalue weighted by Crippen LogP contribution is 2.15. The topological polar surface area (TPSA) is 68.0 Å². The Labute approximate surface area is 99.5 Å². The lowest BCUT2D eigenvalue weighted by atomic mass is 10.1.